The summed E-state index contributed by atoms with van der Waals surface area (Å²) in [5.41, 5.74) is 2.38. The minimum atomic E-state index is -1.07. The number of hydrogen-bond donors (Lipinski definition) is 1. The van der Waals surface area contributed by atoms with Gasteiger partial charge in [-0.1, -0.05) is 32.8 Å². The Morgan fingerprint density at radius 1 is 1.24 bits per heavy atom. The molecule has 0 aliphatic heterocycles. The van der Waals surface area contributed by atoms with Crippen LogP contribution in [0.2, 0.25) is 0 Å². The van der Waals surface area contributed by atoms with E-state index >= 15 is 0 Å². The summed E-state index contributed by atoms with van der Waals surface area (Å²) in [6.07, 6.45) is 11.4. The molecule has 2 fully saturated rings. The van der Waals surface area contributed by atoms with E-state index in [1.165, 1.54) is 38.2 Å². The summed E-state index contributed by atoms with van der Waals surface area (Å²) in [4.78, 5) is 25.2. The number of carbonyl (C=O) groups excluding carboxylic acids is 2. The zero-order valence-corrected chi connectivity index (χ0v) is 15.7. The van der Waals surface area contributed by atoms with E-state index in [1.54, 1.807) is 6.08 Å². The second-order valence-electron chi connectivity index (χ2n) is 9.32. The maximum absolute atomic E-state index is 12.7. The first kappa shape index (κ1) is 17.2. The molecule has 2 saturated carbocycles. The van der Waals surface area contributed by atoms with Gasteiger partial charge in [0.1, 0.15) is 6.10 Å². The van der Waals surface area contributed by atoms with Crippen molar-refractivity contribution >= 4 is 11.6 Å². The van der Waals surface area contributed by atoms with Crippen LogP contribution in [0.1, 0.15) is 65.7 Å². The largest absolute Gasteiger partial charge is 0.386 e. The van der Waals surface area contributed by atoms with E-state index in [0.717, 1.165) is 30.8 Å². The fourth-order valence-corrected chi connectivity index (χ4v) is 6.52. The normalized spacial score (nSPS) is 44.2. The standard InChI is InChI=1S/C22H30O3/c1-13(23)20(25)19-18(24)12-17-15-8-7-14-6-4-5-10-21(14,2)16(15)9-11-22(17,19)3/h8,12-14,16,19,23H,4-7,9-11H2,1-3H3/t13?,14?,16-,19+,21-,22-/m0/s1. The van der Waals surface area contributed by atoms with E-state index in [4.69, 9.17) is 0 Å². The molecule has 4 aliphatic carbocycles. The molecular weight excluding hydrogens is 312 g/mol. The predicted octanol–water partition coefficient (Wildman–Crippen LogP) is 4.00. The van der Waals surface area contributed by atoms with Gasteiger partial charge in [-0.2, -0.15) is 0 Å². The molecule has 136 valence electrons. The molecule has 2 unspecified atom stereocenters. The molecule has 0 spiro atoms. The van der Waals surface area contributed by atoms with Gasteiger partial charge in [0.05, 0.1) is 5.92 Å². The highest BCUT2D eigenvalue weighted by molar-refractivity contribution is 6.13. The van der Waals surface area contributed by atoms with Gasteiger partial charge in [-0.25, -0.2) is 0 Å². The zero-order valence-electron chi connectivity index (χ0n) is 15.7. The second kappa shape index (κ2) is 5.64. The number of rotatable bonds is 2. The van der Waals surface area contributed by atoms with E-state index in [2.05, 4.69) is 19.9 Å². The first-order valence-electron chi connectivity index (χ1n) is 9.97. The Morgan fingerprint density at radius 2 is 2.00 bits per heavy atom. The Balaban J connectivity index is 1.73. The predicted molar refractivity (Wildman–Crippen MR) is 96.9 cm³/mol. The third kappa shape index (κ3) is 2.27. The zero-order chi connectivity index (χ0) is 18.0. The number of Topliss-reactive ketones (excluding diaryl/α,β-unsaturated/α-hetero) is 1. The quantitative estimate of drug-likeness (QED) is 0.772. The highest BCUT2D eigenvalue weighted by Gasteiger charge is 2.58. The highest BCUT2D eigenvalue weighted by Crippen LogP contribution is 2.63. The van der Waals surface area contributed by atoms with Gasteiger partial charge in [0.15, 0.2) is 11.6 Å². The van der Waals surface area contributed by atoms with Crippen LogP contribution < -0.4 is 0 Å². The van der Waals surface area contributed by atoms with Crippen LogP contribution in [0, 0.1) is 28.6 Å². The lowest BCUT2D eigenvalue weighted by Crippen LogP contribution is -2.48. The second-order valence-corrected chi connectivity index (χ2v) is 9.32. The lowest BCUT2D eigenvalue weighted by Gasteiger charge is -2.55. The Labute approximate surface area is 150 Å². The lowest BCUT2D eigenvalue weighted by molar-refractivity contribution is -0.139. The van der Waals surface area contributed by atoms with E-state index in [1.807, 2.05) is 0 Å². The number of ketones is 2. The summed E-state index contributed by atoms with van der Waals surface area (Å²) >= 11 is 0. The van der Waals surface area contributed by atoms with Gasteiger partial charge < -0.3 is 5.11 Å². The van der Waals surface area contributed by atoms with Crippen molar-refractivity contribution in [1.29, 1.82) is 0 Å². The third-order valence-corrected chi connectivity index (χ3v) is 8.03. The molecule has 0 aromatic heterocycles. The van der Waals surface area contributed by atoms with E-state index in [9.17, 15) is 14.7 Å². The Morgan fingerprint density at radius 3 is 2.72 bits per heavy atom. The smallest absolute Gasteiger partial charge is 0.172 e. The molecule has 3 heteroatoms. The van der Waals surface area contributed by atoms with Crippen molar-refractivity contribution in [3.05, 3.63) is 23.3 Å². The average molecular weight is 342 g/mol. The molecule has 4 aliphatic rings. The summed E-state index contributed by atoms with van der Waals surface area (Å²) in [5, 5.41) is 9.79. The van der Waals surface area contributed by atoms with Gasteiger partial charge in [0.25, 0.3) is 0 Å². The number of fused-ring (bicyclic) bond motifs is 5. The average Bonchev–Trinajstić information content (AvgIpc) is 2.83. The molecule has 0 bridgehead atoms. The van der Waals surface area contributed by atoms with E-state index in [0.29, 0.717) is 11.3 Å². The molecule has 1 N–H and O–H groups in total. The van der Waals surface area contributed by atoms with Crippen molar-refractivity contribution < 1.29 is 14.7 Å². The summed E-state index contributed by atoms with van der Waals surface area (Å²) in [5.74, 6) is 0.198. The van der Waals surface area contributed by atoms with Gasteiger partial charge in [0, 0.05) is 5.41 Å². The molecule has 0 amide bonds. The summed E-state index contributed by atoms with van der Waals surface area (Å²) < 4.78 is 0. The number of hydrogen-bond acceptors (Lipinski definition) is 3. The molecule has 0 aromatic carbocycles. The Kier molecular flexibility index (Phi) is 3.88. The fraction of sp³-hybridized carbons (Fsp3) is 0.727. The van der Waals surface area contributed by atoms with Crippen molar-refractivity contribution in [2.45, 2.75) is 71.8 Å². The Hall–Kier alpha value is -1.22. The van der Waals surface area contributed by atoms with Crippen molar-refractivity contribution in [3.8, 4) is 0 Å². The van der Waals surface area contributed by atoms with Crippen LogP contribution in [0.15, 0.2) is 23.3 Å². The summed E-state index contributed by atoms with van der Waals surface area (Å²) in [6, 6.07) is 0. The third-order valence-electron chi connectivity index (χ3n) is 8.03. The monoisotopic (exact) mass is 342 g/mol. The lowest BCUT2D eigenvalue weighted by atomic mass is 9.49. The van der Waals surface area contributed by atoms with Gasteiger partial charge >= 0.3 is 0 Å². The topological polar surface area (TPSA) is 54.4 Å². The first-order valence-corrected chi connectivity index (χ1v) is 9.97. The molecule has 4 rings (SSSR count). The first-order chi connectivity index (χ1) is 11.8. The molecule has 6 atom stereocenters. The van der Waals surface area contributed by atoms with Gasteiger partial charge in [-0.15, -0.1) is 0 Å². The van der Waals surface area contributed by atoms with Crippen molar-refractivity contribution in [2.24, 2.45) is 28.6 Å². The molecule has 0 radical (unpaired) electrons. The molecule has 0 aromatic rings. The molecule has 25 heavy (non-hydrogen) atoms. The van der Waals surface area contributed by atoms with Crippen LogP contribution in [0.3, 0.4) is 0 Å². The molecular formula is C22H30O3. The molecule has 0 saturated heterocycles. The van der Waals surface area contributed by atoms with Gasteiger partial charge in [-0.05, 0) is 73.5 Å². The summed E-state index contributed by atoms with van der Waals surface area (Å²) in [7, 11) is 0. The minimum Gasteiger partial charge on any atom is -0.386 e. The van der Waals surface area contributed by atoms with Gasteiger partial charge in [0.2, 0.25) is 0 Å². The molecule has 0 heterocycles. The maximum atomic E-state index is 12.7. The fourth-order valence-electron chi connectivity index (χ4n) is 6.52. The van der Waals surface area contributed by atoms with Crippen LogP contribution >= 0.6 is 0 Å². The summed E-state index contributed by atoms with van der Waals surface area (Å²) in [6.45, 7) is 6.02. The van der Waals surface area contributed by atoms with Gasteiger partial charge in [-0.3, -0.25) is 9.59 Å². The van der Waals surface area contributed by atoms with Crippen LogP contribution in [0.4, 0.5) is 0 Å². The van der Waals surface area contributed by atoms with Crippen molar-refractivity contribution in [1.82, 2.24) is 0 Å². The SMILES string of the molecule is CC(O)C(=O)[C@H]1C(=O)C=C2C3=CCC4CCCC[C@]4(C)[C@H]3CC[C@@]21C. The van der Waals surface area contributed by atoms with E-state index < -0.39 is 17.4 Å². The van der Waals surface area contributed by atoms with Crippen LogP contribution in [0.25, 0.3) is 0 Å². The van der Waals surface area contributed by atoms with E-state index in [-0.39, 0.29) is 11.6 Å². The minimum absolute atomic E-state index is 0.0964. The number of allylic oxidation sites excluding steroid dienone is 4. The number of aliphatic hydroxyl groups excluding tert-OH is 1. The number of carbonyl (C=O) groups is 2. The highest BCUT2D eigenvalue weighted by atomic mass is 16.3. The number of aliphatic hydroxyl groups is 1. The molecule has 3 nitrogen and oxygen atoms in total. The van der Waals surface area contributed by atoms with Crippen LogP contribution in [-0.2, 0) is 9.59 Å². The Bertz CT molecular complexity index is 685. The van der Waals surface area contributed by atoms with Crippen molar-refractivity contribution in [2.75, 3.05) is 0 Å². The van der Waals surface area contributed by atoms with Crippen LogP contribution in [0.5, 0.6) is 0 Å². The van der Waals surface area contributed by atoms with Crippen molar-refractivity contribution in [3.63, 3.8) is 0 Å². The maximum Gasteiger partial charge on any atom is 0.172 e. The van der Waals surface area contributed by atoms with Crippen LogP contribution in [-0.4, -0.2) is 22.8 Å².